The topological polar surface area (TPSA) is 49.7 Å². The van der Waals surface area contributed by atoms with Crippen LogP contribution in [-0.2, 0) is 4.43 Å². The van der Waals surface area contributed by atoms with Gasteiger partial charge in [0.1, 0.15) is 0 Å². The van der Waals surface area contributed by atoms with Crippen LogP contribution in [0.25, 0.3) is 0 Å². The molecule has 4 heteroatoms. The van der Waals surface area contributed by atoms with Gasteiger partial charge in [-0.05, 0) is 44.8 Å². The van der Waals surface area contributed by atoms with Crippen LogP contribution in [0.4, 0.5) is 0 Å². The Morgan fingerprint density at radius 2 is 1.81 bits per heavy atom. The second kappa shape index (κ2) is 8.88. The van der Waals surface area contributed by atoms with Crippen LogP contribution >= 0.6 is 0 Å². The van der Waals surface area contributed by atoms with Crippen molar-refractivity contribution < 1.29 is 14.6 Å². The largest absolute Gasteiger partial charge is 0.414 e. The van der Waals surface area contributed by atoms with Gasteiger partial charge in [-0.3, -0.25) is 0 Å². The molecule has 21 heavy (non-hydrogen) atoms. The Bertz CT molecular complexity index is 354. The van der Waals surface area contributed by atoms with Gasteiger partial charge in [0.25, 0.3) is 0 Å². The Kier molecular flexibility index (Phi) is 8.70. The molecule has 0 unspecified atom stereocenters. The van der Waals surface area contributed by atoms with Gasteiger partial charge in [-0.15, -0.1) is 0 Å². The molecule has 0 aromatic carbocycles. The van der Waals surface area contributed by atoms with Crippen LogP contribution in [0.3, 0.4) is 0 Å². The molecule has 0 heterocycles. The van der Waals surface area contributed by atoms with Gasteiger partial charge < -0.3 is 14.6 Å². The molecule has 0 saturated heterocycles. The second-order valence-electron chi connectivity index (χ2n) is 7.31. The standard InChI is InChI=1S/C17H34O3Si/c1-8-9-15(18)12-14(2)10-11-16(19)13-20-21(6,7)17(3,4)5/h8-10,15-16,18-19H,11-13H2,1-7H3/t15-,16-/m0/s1. The molecule has 3 nitrogen and oxygen atoms in total. The lowest BCUT2D eigenvalue weighted by Gasteiger charge is -2.36. The summed E-state index contributed by atoms with van der Waals surface area (Å²) >= 11 is 0. The number of hydrogen-bond acceptors (Lipinski definition) is 3. The first-order valence-electron chi connectivity index (χ1n) is 7.78. The summed E-state index contributed by atoms with van der Waals surface area (Å²) in [5, 5.41) is 19.9. The maximum atomic E-state index is 10.0. The first-order chi connectivity index (χ1) is 9.49. The first-order valence-corrected chi connectivity index (χ1v) is 10.7. The molecule has 0 aromatic heterocycles. The Morgan fingerprint density at radius 1 is 1.24 bits per heavy atom. The summed E-state index contributed by atoms with van der Waals surface area (Å²) in [4.78, 5) is 0. The third kappa shape index (κ3) is 8.56. The zero-order chi connectivity index (χ0) is 16.7. The number of aliphatic hydroxyl groups excluding tert-OH is 2. The van der Waals surface area contributed by atoms with Crippen molar-refractivity contribution in [2.24, 2.45) is 0 Å². The highest BCUT2D eigenvalue weighted by Crippen LogP contribution is 2.36. The molecular formula is C17H34O3Si. The minimum atomic E-state index is -1.79. The number of aliphatic hydroxyl groups is 2. The molecule has 0 aliphatic carbocycles. The molecule has 0 rings (SSSR count). The SMILES string of the molecule is CC=C[C@H](O)CC(C)=CC[C@H](O)CO[Si](C)(C)C(C)(C)C. The summed E-state index contributed by atoms with van der Waals surface area (Å²) in [7, 11) is -1.79. The van der Waals surface area contributed by atoms with E-state index in [-0.39, 0.29) is 5.04 Å². The van der Waals surface area contributed by atoms with E-state index in [1.54, 1.807) is 6.08 Å². The van der Waals surface area contributed by atoms with Crippen molar-refractivity contribution in [1.29, 1.82) is 0 Å². The zero-order valence-electron chi connectivity index (χ0n) is 14.8. The van der Waals surface area contributed by atoms with Gasteiger partial charge in [0.15, 0.2) is 8.32 Å². The van der Waals surface area contributed by atoms with Crippen LogP contribution in [-0.4, -0.2) is 37.3 Å². The van der Waals surface area contributed by atoms with Gasteiger partial charge in [-0.1, -0.05) is 44.6 Å². The molecule has 0 saturated carbocycles. The molecule has 0 aromatic rings. The average molecular weight is 315 g/mol. The lowest BCUT2D eigenvalue weighted by Crippen LogP contribution is -2.42. The van der Waals surface area contributed by atoms with Crippen LogP contribution in [0, 0.1) is 0 Å². The molecule has 0 aliphatic heterocycles. The van der Waals surface area contributed by atoms with E-state index >= 15 is 0 Å². The van der Waals surface area contributed by atoms with Gasteiger partial charge in [-0.2, -0.15) is 0 Å². The van der Waals surface area contributed by atoms with Gasteiger partial charge in [0, 0.05) is 0 Å². The molecule has 2 N–H and O–H groups in total. The Labute approximate surface area is 131 Å². The fourth-order valence-electron chi connectivity index (χ4n) is 1.63. The fraction of sp³-hybridized carbons (Fsp3) is 0.765. The maximum Gasteiger partial charge on any atom is 0.192 e. The van der Waals surface area contributed by atoms with E-state index in [4.69, 9.17) is 4.43 Å². The second-order valence-corrected chi connectivity index (χ2v) is 12.1. The highest BCUT2D eigenvalue weighted by atomic mass is 28.4. The highest BCUT2D eigenvalue weighted by Gasteiger charge is 2.37. The Balaban J connectivity index is 4.24. The number of hydrogen-bond donors (Lipinski definition) is 2. The fourth-order valence-corrected chi connectivity index (χ4v) is 2.67. The van der Waals surface area contributed by atoms with Crippen LogP contribution in [0.5, 0.6) is 0 Å². The van der Waals surface area contributed by atoms with Gasteiger partial charge in [0.05, 0.1) is 18.8 Å². The van der Waals surface area contributed by atoms with Crippen LogP contribution in [0.1, 0.15) is 47.5 Å². The van der Waals surface area contributed by atoms with Crippen molar-refractivity contribution in [2.75, 3.05) is 6.61 Å². The van der Waals surface area contributed by atoms with Crippen LogP contribution in [0.2, 0.25) is 18.1 Å². The minimum absolute atomic E-state index is 0.162. The van der Waals surface area contributed by atoms with Gasteiger partial charge >= 0.3 is 0 Å². The maximum absolute atomic E-state index is 10.0. The molecule has 124 valence electrons. The molecule has 0 bridgehead atoms. The monoisotopic (exact) mass is 314 g/mol. The summed E-state index contributed by atoms with van der Waals surface area (Å²) in [6.45, 7) is 15.2. The highest BCUT2D eigenvalue weighted by molar-refractivity contribution is 6.74. The third-order valence-corrected chi connectivity index (χ3v) is 8.63. The quantitative estimate of drug-likeness (QED) is 0.525. The van der Waals surface area contributed by atoms with Crippen molar-refractivity contribution in [1.82, 2.24) is 0 Å². The summed E-state index contributed by atoms with van der Waals surface area (Å²) in [5.74, 6) is 0. The van der Waals surface area contributed by atoms with Crippen LogP contribution < -0.4 is 0 Å². The first kappa shape index (κ1) is 20.6. The predicted molar refractivity (Wildman–Crippen MR) is 93.0 cm³/mol. The van der Waals surface area contributed by atoms with E-state index in [9.17, 15) is 10.2 Å². The smallest absolute Gasteiger partial charge is 0.192 e. The summed E-state index contributed by atoms with van der Waals surface area (Å²) in [6, 6.07) is 0. The number of rotatable bonds is 8. The Morgan fingerprint density at radius 3 is 2.29 bits per heavy atom. The lowest BCUT2D eigenvalue weighted by molar-refractivity contribution is 0.102. The summed E-state index contributed by atoms with van der Waals surface area (Å²) in [5.41, 5.74) is 1.09. The molecule has 0 fully saturated rings. The van der Waals surface area contributed by atoms with Gasteiger partial charge in [-0.25, -0.2) is 0 Å². The van der Waals surface area contributed by atoms with Gasteiger partial charge in [0.2, 0.25) is 0 Å². The lowest BCUT2D eigenvalue weighted by atomic mass is 10.1. The molecule has 0 radical (unpaired) electrons. The van der Waals surface area contributed by atoms with Crippen molar-refractivity contribution in [3.05, 3.63) is 23.8 Å². The molecule has 0 aliphatic rings. The van der Waals surface area contributed by atoms with E-state index in [0.29, 0.717) is 19.4 Å². The van der Waals surface area contributed by atoms with E-state index in [2.05, 4.69) is 33.9 Å². The van der Waals surface area contributed by atoms with Crippen molar-refractivity contribution in [2.45, 2.75) is 77.8 Å². The molecular weight excluding hydrogens is 280 g/mol. The van der Waals surface area contributed by atoms with Crippen molar-refractivity contribution in [3.8, 4) is 0 Å². The zero-order valence-corrected chi connectivity index (χ0v) is 15.8. The molecule has 0 amide bonds. The summed E-state index contributed by atoms with van der Waals surface area (Å²) < 4.78 is 6.01. The molecule has 2 atom stereocenters. The van der Waals surface area contributed by atoms with Crippen molar-refractivity contribution in [3.63, 3.8) is 0 Å². The third-order valence-electron chi connectivity index (χ3n) is 4.13. The number of allylic oxidation sites excluding steroid dienone is 1. The Hall–Kier alpha value is -0.423. The van der Waals surface area contributed by atoms with Crippen LogP contribution in [0.15, 0.2) is 23.8 Å². The average Bonchev–Trinajstić information content (AvgIpc) is 2.32. The van der Waals surface area contributed by atoms with E-state index in [1.807, 2.05) is 26.0 Å². The minimum Gasteiger partial charge on any atom is -0.414 e. The van der Waals surface area contributed by atoms with E-state index in [1.165, 1.54) is 0 Å². The molecule has 0 spiro atoms. The van der Waals surface area contributed by atoms with E-state index < -0.39 is 20.5 Å². The van der Waals surface area contributed by atoms with Crippen molar-refractivity contribution >= 4 is 8.32 Å². The van der Waals surface area contributed by atoms with E-state index in [0.717, 1.165) is 5.57 Å². The predicted octanol–water partition coefficient (Wildman–Crippen LogP) is 4.03. The summed E-state index contributed by atoms with van der Waals surface area (Å²) in [6.07, 6.45) is 5.88. The normalized spacial score (nSPS) is 17.3.